The van der Waals surface area contributed by atoms with Crippen LogP contribution in [0.3, 0.4) is 0 Å². The number of pyridine rings is 3. The predicted molar refractivity (Wildman–Crippen MR) is 91.3 cm³/mol. The first-order valence-corrected chi connectivity index (χ1v) is 7.39. The van der Waals surface area contributed by atoms with E-state index in [-0.39, 0.29) is 0 Å². The maximum absolute atomic E-state index is 4.74. The molecule has 0 atom stereocenters. The summed E-state index contributed by atoms with van der Waals surface area (Å²) in [5, 5.41) is 0. The number of hydrogen-bond acceptors (Lipinski definition) is 3. The molecular formula is C20H13N3. The summed E-state index contributed by atoms with van der Waals surface area (Å²) < 4.78 is 0. The topological polar surface area (TPSA) is 38.7 Å². The Labute approximate surface area is 134 Å². The number of rotatable bonds is 3. The van der Waals surface area contributed by atoms with Crippen LogP contribution in [-0.2, 0) is 0 Å². The van der Waals surface area contributed by atoms with Crippen molar-refractivity contribution in [2.45, 2.75) is 0 Å². The highest BCUT2D eigenvalue weighted by Crippen LogP contribution is 2.27. The minimum absolute atomic E-state index is 0.832. The smallest absolute Gasteiger partial charge is 0.0900 e. The molecule has 0 radical (unpaired) electrons. The molecule has 3 nitrogen and oxygen atoms in total. The molecule has 3 heteroatoms. The van der Waals surface area contributed by atoms with Crippen LogP contribution in [-0.4, -0.2) is 15.0 Å². The fraction of sp³-hybridized carbons (Fsp3) is 0. The van der Waals surface area contributed by atoms with Crippen molar-refractivity contribution in [3.63, 3.8) is 0 Å². The predicted octanol–water partition coefficient (Wildman–Crippen LogP) is 4.31. The van der Waals surface area contributed by atoms with E-state index < -0.39 is 0 Å². The van der Waals surface area contributed by atoms with Gasteiger partial charge in [-0.1, -0.05) is 18.2 Å². The van der Waals surface area contributed by atoms with Gasteiger partial charge in [-0.05, 0) is 54.1 Å². The Morgan fingerprint density at radius 1 is 0.739 bits per heavy atom. The molecule has 0 saturated heterocycles. The van der Waals surface area contributed by atoms with Gasteiger partial charge in [0.1, 0.15) is 0 Å². The lowest BCUT2D eigenvalue weighted by atomic mass is 10.0. The molecule has 0 aromatic carbocycles. The molecule has 108 valence electrons. The molecule has 3 heterocycles. The van der Waals surface area contributed by atoms with E-state index in [1.54, 1.807) is 12.4 Å². The van der Waals surface area contributed by atoms with Crippen LogP contribution in [0.5, 0.6) is 0 Å². The monoisotopic (exact) mass is 295 g/mol. The van der Waals surface area contributed by atoms with Gasteiger partial charge < -0.3 is 0 Å². The molecule has 0 aliphatic heterocycles. The SMILES string of the molecule is C1=CC=CC=1c1cc(-c2ccccn2)nc(-c2ccccn2)c1. The number of aromatic nitrogens is 3. The lowest BCUT2D eigenvalue weighted by molar-refractivity contribution is 1.21. The summed E-state index contributed by atoms with van der Waals surface area (Å²) in [6, 6.07) is 15.7. The molecule has 0 unspecified atom stereocenters. The lowest BCUT2D eigenvalue weighted by Gasteiger charge is -2.08. The van der Waals surface area contributed by atoms with Crippen molar-refractivity contribution in [1.29, 1.82) is 0 Å². The number of allylic oxidation sites excluding steroid dienone is 3. The van der Waals surface area contributed by atoms with Crippen LogP contribution in [0, 0.1) is 0 Å². The Morgan fingerprint density at radius 2 is 1.39 bits per heavy atom. The molecular weight excluding hydrogens is 282 g/mol. The van der Waals surface area contributed by atoms with Crippen molar-refractivity contribution in [2.24, 2.45) is 0 Å². The molecule has 0 spiro atoms. The van der Waals surface area contributed by atoms with Gasteiger partial charge in [0.25, 0.3) is 0 Å². The highest BCUT2D eigenvalue weighted by Gasteiger charge is 2.10. The van der Waals surface area contributed by atoms with Gasteiger partial charge in [0, 0.05) is 18.0 Å². The van der Waals surface area contributed by atoms with E-state index in [9.17, 15) is 0 Å². The first-order valence-electron chi connectivity index (χ1n) is 7.39. The summed E-state index contributed by atoms with van der Waals surface area (Å²) in [4.78, 5) is 13.6. The number of hydrogen-bond donors (Lipinski definition) is 0. The Hall–Kier alpha value is -3.29. The van der Waals surface area contributed by atoms with E-state index >= 15 is 0 Å². The zero-order chi connectivity index (χ0) is 15.5. The summed E-state index contributed by atoms with van der Waals surface area (Å²) in [6.07, 6.45) is 9.49. The fourth-order valence-corrected chi connectivity index (χ4v) is 2.49. The van der Waals surface area contributed by atoms with Crippen LogP contribution in [0.4, 0.5) is 0 Å². The highest BCUT2D eigenvalue weighted by atomic mass is 14.8. The molecule has 1 aliphatic rings. The standard InChI is InChI=1S/C20H13N3/c1-2-8-15(7-1)16-13-19(17-9-3-5-11-21-17)23-20(14-16)18-10-4-6-12-22-18/h1-7,9-14H. The van der Waals surface area contributed by atoms with Crippen LogP contribution in [0.2, 0.25) is 0 Å². The zero-order valence-electron chi connectivity index (χ0n) is 12.3. The van der Waals surface area contributed by atoms with Crippen LogP contribution in [0.25, 0.3) is 28.3 Å². The van der Waals surface area contributed by atoms with E-state index in [1.165, 1.54) is 0 Å². The van der Waals surface area contributed by atoms with Crippen molar-refractivity contribution in [1.82, 2.24) is 15.0 Å². The van der Waals surface area contributed by atoms with E-state index in [1.807, 2.05) is 66.8 Å². The molecule has 0 N–H and O–H groups in total. The first-order chi connectivity index (χ1) is 11.4. The summed E-state index contributed by atoms with van der Waals surface area (Å²) in [5.41, 5.74) is 8.70. The van der Waals surface area contributed by atoms with E-state index in [4.69, 9.17) is 4.98 Å². The molecule has 0 bridgehead atoms. The Bertz CT molecular complexity index is 877. The summed E-state index contributed by atoms with van der Waals surface area (Å²) in [6.45, 7) is 0. The second-order valence-corrected chi connectivity index (χ2v) is 5.14. The molecule has 0 saturated carbocycles. The second kappa shape index (κ2) is 5.84. The van der Waals surface area contributed by atoms with Gasteiger partial charge in [-0.25, -0.2) is 4.98 Å². The van der Waals surface area contributed by atoms with E-state index in [2.05, 4.69) is 15.7 Å². The minimum Gasteiger partial charge on any atom is -0.255 e. The summed E-state index contributed by atoms with van der Waals surface area (Å²) in [5.74, 6) is 0. The van der Waals surface area contributed by atoms with E-state index in [0.29, 0.717) is 0 Å². The molecule has 4 rings (SSSR count). The Morgan fingerprint density at radius 3 is 1.87 bits per heavy atom. The molecule has 1 aliphatic carbocycles. The quantitative estimate of drug-likeness (QED) is 0.676. The fourth-order valence-electron chi connectivity index (χ4n) is 2.49. The molecule has 23 heavy (non-hydrogen) atoms. The van der Waals surface area contributed by atoms with Gasteiger partial charge in [-0.15, -0.1) is 5.73 Å². The van der Waals surface area contributed by atoms with Gasteiger partial charge in [-0.2, -0.15) is 0 Å². The van der Waals surface area contributed by atoms with Gasteiger partial charge >= 0.3 is 0 Å². The normalized spacial score (nSPS) is 12.4. The van der Waals surface area contributed by atoms with Crippen molar-refractivity contribution in [2.75, 3.05) is 0 Å². The van der Waals surface area contributed by atoms with Gasteiger partial charge in [0.15, 0.2) is 0 Å². The number of nitrogens with zero attached hydrogens (tertiary/aromatic N) is 3. The highest BCUT2D eigenvalue weighted by molar-refractivity contribution is 5.80. The van der Waals surface area contributed by atoms with Gasteiger partial charge in [0.05, 0.1) is 22.8 Å². The van der Waals surface area contributed by atoms with E-state index in [0.717, 1.165) is 33.9 Å². The summed E-state index contributed by atoms with van der Waals surface area (Å²) in [7, 11) is 0. The van der Waals surface area contributed by atoms with Crippen molar-refractivity contribution < 1.29 is 0 Å². The second-order valence-electron chi connectivity index (χ2n) is 5.14. The lowest BCUT2D eigenvalue weighted by Crippen LogP contribution is -1.94. The molecule has 3 aromatic heterocycles. The van der Waals surface area contributed by atoms with Crippen molar-refractivity contribution >= 4 is 5.57 Å². The molecule has 3 aromatic rings. The average molecular weight is 295 g/mol. The van der Waals surface area contributed by atoms with Crippen molar-refractivity contribution in [3.05, 3.63) is 90.4 Å². The maximum atomic E-state index is 4.74. The third kappa shape index (κ3) is 2.73. The van der Waals surface area contributed by atoms with Crippen LogP contribution in [0.15, 0.2) is 84.9 Å². The van der Waals surface area contributed by atoms with Crippen LogP contribution >= 0.6 is 0 Å². The van der Waals surface area contributed by atoms with Gasteiger partial charge in [0.2, 0.25) is 0 Å². The molecule has 0 amide bonds. The van der Waals surface area contributed by atoms with Crippen LogP contribution in [0.1, 0.15) is 5.56 Å². The largest absolute Gasteiger partial charge is 0.255 e. The summed E-state index contributed by atoms with van der Waals surface area (Å²) >= 11 is 0. The van der Waals surface area contributed by atoms with Gasteiger partial charge in [-0.3, -0.25) is 9.97 Å². The molecule has 0 fully saturated rings. The van der Waals surface area contributed by atoms with Crippen LogP contribution < -0.4 is 0 Å². The average Bonchev–Trinajstić information content (AvgIpc) is 3.18. The Balaban J connectivity index is 1.91. The third-order valence-corrected chi connectivity index (χ3v) is 3.59. The third-order valence-electron chi connectivity index (χ3n) is 3.59. The minimum atomic E-state index is 0.832. The first kappa shape index (κ1) is 13.4. The zero-order valence-corrected chi connectivity index (χ0v) is 12.3. The van der Waals surface area contributed by atoms with Crippen molar-refractivity contribution in [3.8, 4) is 22.8 Å². The Kier molecular flexibility index (Phi) is 3.39. The maximum Gasteiger partial charge on any atom is 0.0900 e.